The first-order valence-electron chi connectivity index (χ1n) is 7.60. The molecule has 10 heteroatoms. The molecule has 27 heavy (non-hydrogen) atoms. The van der Waals surface area contributed by atoms with Gasteiger partial charge in [-0.15, -0.1) is 0 Å². The lowest BCUT2D eigenvalue weighted by Gasteiger charge is -2.15. The van der Waals surface area contributed by atoms with E-state index in [1.165, 1.54) is 25.3 Å². The van der Waals surface area contributed by atoms with E-state index in [1.54, 1.807) is 12.1 Å². The molecule has 0 spiro atoms. The Morgan fingerprint density at radius 3 is 2.33 bits per heavy atom. The number of hydrogen-bond acceptors (Lipinski definition) is 6. The summed E-state index contributed by atoms with van der Waals surface area (Å²) in [6.45, 7) is -0.524. The molecule has 0 aliphatic carbocycles. The van der Waals surface area contributed by atoms with Crippen LogP contribution in [-0.4, -0.2) is 41.2 Å². The normalized spacial score (nSPS) is 12.7. The summed E-state index contributed by atoms with van der Waals surface area (Å²) < 4.78 is 5.03. The number of ether oxygens (including phenoxy) is 1. The van der Waals surface area contributed by atoms with Crippen molar-refractivity contribution in [2.45, 2.75) is 0 Å². The molecule has 0 fully saturated rings. The summed E-state index contributed by atoms with van der Waals surface area (Å²) in [7, 11) is 1.27. The molecule has 0 aromatic heterocycles. The van der Waals surface area contributed by atoms with E-state index in [0.29, 0.717) is 0 Å². The van der Waals surface area contributed by atoms with Crippen molar-refractivity contribution < 1.29 is 24.0 Å². The van der Waals surface area contributed by atoms with Crippen molar-refractivity contribution in [3.8, 4) is 5.75 Å². The number of nitrogens with zero attached hydrogens (tertiary/aromatic N) is 2. The van der Waals surface area contributed by atoms with Crippen molar-refractivity contribution >= 4 is 40.7 Å². The number of imide groups is 1. The third-order valence-corrected chi connectivity index (χ3v) is 4.22. The molecule has 0 radical (unpaired) electrons. The number of nitro benzene ring substituents is 1. The van der Waals surface area contributed by atoms with Crippen molar-refractivity contribution in [1.82, 2.24) is 4.90 Å². The van der Waals surface area contributed by atoms with Gasteiger partial charge >= 0.3 is 0 Å². The van der Waals surface area contributed by atoms with Gasteiger partial charge in [0.1, 0.15) is 17.3 Å². The molecular weight excluding hydrogens is 378 g/mol. The van der Waals surface area contributed by atoms with Crippen LogP contribution < -0.4 is 10.1 Å². The molecule has 9 nitrogen and oxygen atoms in total. The zero-order valence-electron chi connectivity index (χ0n) is 13.9. The molecule has 0 unspecified atom stereocenters. The van der Waals surface area contributed by atoms with Gasteiger partial charge in [0.05, 0.1) is 34.9 Å². The lowest BCUT2D eigenvalue weighted by Crippen LogP contribution is -2.37. The molecule has 0 saturated carbocycles. The standard InChI is InChI=1S/C17H12ClN3O6/c1-27-14-7-13(21(25)26)11(18)6-12(14)19-15(22)8-20-16(23)9-4-2-3-5-10(9)17(20)24/h2-7H,8H2,1H3,(H,19,22). The van der Waals surface area contributed by atoms with Gasteiger partial charge in [-0.1, -0.05) is 23.7 Å². The predicted octanol–water partition coefficient (Wildman–Crippen LogP) is 2.49. The number of methoxy groups -OCH3 is 1. The van der Waals surface area contributed by atoms with E-state index in [-0.39, 0.29) is 33.3 Å². The number of anilines is 1. The maximum Gasteiger partial charge on any atom is 0.291 e. The Balaban J connectivity index is 1.79. The largest absolute Gasteiger partial charge is 0.494 e. The summed E-state index contributed by atoms with van der Waals surface area (Å²) in [5.41, 5.74) is 0.152. The van der Waals surface area contributed by atoms with E-state index in [0.717, 1.165) is 11.0 Å². The molecule has 1 heterocycles. The number of amides is 3. The molecule has 0 saturated heterocycles. The minimum atomic E-state index is -0.687. The van der Waals surface area contributed by atoms with Gasteiger partial charge in [0.25, 0.3) is 17.5 Å². The average molecular weight is 390 g/mol. The summed E-state index contributed by atoms with van der Waals surface area (Å²) in [5, 5.41) is 13.2. The zero-order valence-corrected chi connectivity index (χ0v) is 14.6. The number of nitrogens with one attached hydrogen (secondary N) is 1. The maximum atomic E-state index is 12.3. The highest BCUT2D eigenvalue weighted by molar-refractivity contribution is 6.33. The van der Waals surface area contributed by atoms with E-state index >= 15 is 0 Å². The summed E-state index contributed by atoms with van der Waals surface area (Å²) >= 11 is 5.85. The Kier molecular flexibility index (Phi) is 4.78. The van der Waals surface area contributed by atoms with E-state index < -0.39 is 29.2 Å². The molecule has 1 aliphatic rings. The van der Waals surface area contributed by atoms with Gasteiger partial charge in [-0.25, -0.2) is 0 Å². The summed E-state index contributed by atoms with van der Waals surface area (Å²) in [6, 6.07) is 8.49. The van der Waals surface area contributed by atoms with Gasteiger partial charge in [0.15, 0.2) is 0 Å². The monoisotopic (exact) mass is 389 g/mol. The van der Waals surface area contributed by atoms with Crippen LogP contribution in [0.1, 0.15) is 20.7 Å². The van der Waals surface area contributed by atoms with Crippen molar-refractivity contribution in [3.05, 3.63) is 62.7 Å². The van der Waals surface area contributed by atoms with Crippen LogP contribution in [0.4, 0.5) is 11.4 Å². The second-order valence-electron chi connectivity index (χ2n) is 5.55. The van der Waals surface area contributed by atoms with E-state index in [9.17, 15) is 24.5 Å². The minimum absolute atomic E-state index is 0.0156. The number of benzene rings is 2. The second-order valence-corrected chi connectivity index (χ2v) is 5.96. The lowest BCUT2D eigenvalue weighted by molar-refractivity contribution is -0.384. The predicted molar refractivity (Wildman–Crippen MR) is 95.1 cm³/mol. The van der Waals surface area contributed by atoms with Crippen LogP contribution in [0, 0.1) is 10.1 Å². The van der Waals surface area contributed by atoms with Crippen molar-refractivity contribution in [1.29, 1.82) is 0 Å². The van der Waals surface area contributed by atoms with Crippen LogP contribution in [0.3, 0.4) is 0 Å². The van der Waals surface area contributed by atoms with Crippen LogP contribution in [0.5, 0.6) is 5.75 Å². The highest BCUT2D eigenvalue weighted by Crippen LogP contribution is 2.35. The molecule has 2 aromatic carbocycles. The number of fused-ring (bicyclic) bond motifs is 1. The molecule has 2 aromatic rings. The zero-order chi connectivity index (χ0) is 19.7. The second kappa shape index (κ2) is 7.04. The number of carbonyl (C=O) groups excluding carboxylic acids is 3. The lowest BCUT2D eigenvalue weighted by atomic mass is 10.1. The highest BCUT2D eigenvalue weighted by Gasteiger charge is 2.36. The van der Waals surface area contributed by atoms with Crippen LogP contribution in [0.2, 0.25) is 5.02 Å². The van der Waals surface area contributed by atoms with Gasteiger partial charge in [-0.05, 0) is 18.2 Å². The van der Waals surface area contributed by atoms with E-state index in [1.807, 2.05) is 0 Å². The molecule has 3 rings (SSSR count). The smallest absolute Gasteiger partial charge is 0.291 e. The Morgan fingerprint density at radius 1 is 1.22 bits per heavy atom. The fourth-order valence-corrected chi connectivity index (χ4v) is 2.90. The van der Waals surface area contributed by atoms with Crippen molar-refractivity contribution in [3.63, 3.8) is 0 Å². The molecule has 138 valence electrons. The van der Waals surface area contributed by atoms with Gasteiger partial charge in [0, 0.05) is 0 Å². The third-order valence-electron chi connectivity index (χ3n) is 3.92. The maximum absolute atomic E-state index is 12.3. The first-order chi connectivity index (χ1) is 12.8. The molecule has 1 N–H and O–H groups in total. The number of halogens is 1. The van der Waals surface area contributed by atoms with Crippen LogP contribution in [0.15, 0.2) is 36.4 Å². The Hall–Kier alpha value is -3.46. The van der Waals surface area contributed by atoms with Gasteiger partial charge in [-0.2, -0.15) is 0 Å². The Labute approximate surface area is 157 Å². The fraction of sp³-hybridized carbons (Fsp3) is 0.118. The third kappa shape index (κ3) is 3.32. The summed E-state index contributed by atoms with van der Waals surface area (Å²) in [5.74, 6) is -1.81. The fourth-order valence-electron chi connectivity index (χ4n) is 2.67. The van der Waals surface area contributed by atoms with E-state index in [4.69, 9.17) is 16.3 Å². The number of hydrogen-bond donors (Lipinski definition) is 1. The van der Waals surface area contributed by atoms with Crippen LogP contribution in [-0.2, 0) is 4.79 Å². The molecular formula is C17H12ClN3O6. The first-order valence-corrected chi connectivity index (χ1v) is 7.98. The van der Waals surface area contributed by atoms with Crippen molar-refractivity contribution in [2.24, 2.45) is 0 Å². The summed E-state index contributed by atoms with van der Waals surface area (Å²) in [4.78, 5) is 48.0. The molecule has 3 amide bonds. The summed E-state index contributed by atoms with van der Waals surface area (Å²) in [6.07, 6.45) is 0. The van der Waals surface area contributed by atoms with E-state index in [2.05, 4.69) is 5.32 Å². The molecule has 0 atom stereocenters. The minimum Gasteiger partial charge on any atom is -0.494 e. The number of nitro groups is 1. The van der Waals surface area contributed by atoms with Gasteiger partial charge in [-0.3, -0.25) is 29.4 Å². The quantitative estimate of drug-likeness (QED) is 0.476. The first kappa shape index (κ1) is 18.3. The van der Waals surface area contributed by atoms with Crippen LogP contribution in [0.25, 0.3) is 0 Å². The Bertz CT molecular complexity index is 956. The SMILES string of the molecule is COc1cc([N+](=O)[O-])c(Cl)cc1NC(=O)CN1C(=O)c2ccccc2C1=O. The highest BCUT2D eigenvalue weighted by atomic mass is 35.5. The average Bonchev–Trinajstić information content (AvgIpc) is 2.87. The van der Waals surface area contributed by atoms with Gasteiger partial charge in [0.2, 0.25) is 5.91 Å². The van der Waals surface area contributed by atoms with Gasteiger partial charge < -0.3 is 10.1 Å². The molecule has 0 bridgehead atoms. The van der Waals surface area contributed by atoms with Crippen molar-refractivity contribution in [2.75, 3.05) is 19.0 Å². The van der Waals surface area contributed by atoms with Crippen LogP contribution >= 0.6 is 11.6 Å². The molecule has 1 aliphatic heterocycles. The Morgan fingerprint density at radius 2 is 1.81 bits per heavy atom. The number of rotatable bonds is 5. The topological polar surface area (TPSA) is 119 Å². The number of carbonyl (C=O) groups is 3.